The molecule has 94 valence electrons. The quantitative estimate of drug-likeness (QED) is 0.878. The first-order valence-electron chi connectivity index (χ1n) is 5.90. The Bertz CT molecular complexity index is 381. The molecule has 17 heavy (non-hydrogen) atoms. The van der Waals surface area contributed by atoms with Crippen molar-refractivity contribution >= 4 is 0 Å². The minimum atomic E-state index is -0.617. The van der Waals surface area contributed by atoms with Gasteiger partial charge < -0.3 is 10.5 Å². The third-order valence-electron chi connectivity index (χ3n) is 3.47. The summed E-state index contributed by atoms with van der Waals surface area (Å²) >= 11 is 0. The lowest BCUT2D eigenvalue weighted by Gasteiger charge is -2.28. The van der Waals surface area contributed by atoms with Gasteiger partial charge in [-0.15, -0.1) is 0 Å². The van der Waals surface area contributed by atoms with Crippen LogP contribution >= 0.6 is 0 Å². The standard InChI is InChI=1S/C13H17F2NO/c1-17-9-6-10(14)13(11(15)7-9)12(16)5-8-3-2-4-8/h6-8,12H,2-5,16H2,1H3. The molecular formula is C13H17F2NO. The molecule has 0 bridgehead atoms. The lowest BCUT2D eigenvalue weighted by atomic mass is 9.79. The fourth-order valence-corrected chi connectivity index (χ4v) is 2.24. The van der Waals surface area contributed by atoms with Gasteiger partial charge in [-0.1, -0.05) is 19.3 Å². The van der Waals surface area contributed by atoms with Crippen molar-refractivity contribution in [3.05, 3.63) is 29.3 Å². The van der Waals surface area contributed by atoms with Gasteiger partial charge in [-0.2, -0.15) is 0 Å². The second-order valence-electron chi connectivity index (χ2n) is 4.64. The summed E-state index contributed by atoms with van der Waals surface area (Å²) in [6.07, 6.45) is 4.09. The van der Waals surface area contributed by atoms with E-state index < -0.39 is 17.7 Å². The molecule has 1 fully saturated rings. The van der Waals surface area contributed by atoms with E-state index in [1.807, 2.05) is 0 Å². The first-order valence-corrected chi connectivity index (χ1v) is 5.90. The second-order valence-corrected chi connectivity index (χ2v) is 4.64. The fraction of sp³-hybridized carbons (Fsp3) is 0.538. The molecule has 2 N–H and O–H groups in total. The molecule has 2 nitrogen and oxygen atoms in total. The molecule has 0 aliphatic heterocycles. The van der Waals surface area contributed by atoms with Crippen LogP contribution in [-0.2, 0) is 0 Å². The number of hydrogen-bond acceptors (Lipinski definition) is 2. The van der Waals surface area contributed by atoms with Gasteiger partial charge in [0, 0.05) is 23.7 Å². The summed E-state index contributed by atoms with van der Waals surface area (Å²) in [5.41, 5.74) is 5.86. The highest BCUT2D eigenvalue weighted by Crippen LogP contribution is 2.35. The molecule has 1 saturated carbocycles. The van der Waals surface area contributed by atoms with E-state index in [0.29, 0.717) is 12.3 Å². The summed E-state index contributed by atoms with van der Waals surface area (Å²) in [4.78, 5) is 0. The van der Waals surface area contributed by atoms with E-state index in [0.717, 1.165) is 12.8 Å². The van der Waals surface area contributed by atoms with Gasteiger partial charge in [0.2, 0.25) is 0 Å². The molecule has 0 radical (unpaired) electrons. The number of methoxy groups -OCH3 is 1. The normalized spacial score (nSPS) is 17.6. The number of benzene rings is 1. The van der Waals surface area contributed by atoms with Crippen LogP contribution in [0.4, 0.5) is 8.78 Å². The van der Waals surface area contributed by atoms with Crippen molar-refractivity contribution in [3.8, 4) is 5.75 Å². The van der Waals surface area contributed by atoms with Crippen LogP contribution in [0.2, 0.25) is 0 Å². The number of ether oxygens (including phenoxy) is 1. The molecule has 0 spiro atoms. The highest BCUT2D eigenvalue weighted by atomic mass is 19.1. The van der Waals surface area contributed by atoms with Crippen molar-refractivity contribution in [2.45, 2.75) is 31.7 Å². The Labute approximate surface area is 99.8 Å². The monoisotopic (exact) mass is 241 g/mol. The fourth-order valence-electron chi connectivity index (χ4n) is 2.24. The topological polar surface area (TPSA) is 35.2 Å². The van der Waals surface area contributed by atoms with Crippen LogP contribution in [0, 0.1) is 17.6 Å². The van der Waals surface area contributed by atoms with Crippen LogP contribution in [0.25, 0.3) is 0 Å². The molecule has 1 atom stereocenters. The van der Waals surface area contributed by atoms with Crippen LogP contribution in [0.3, 0.4) is 0 Å². The van der Waals surface area contributed by atoms with Crippen molar-refractivity contribution < 1.29 is 13.5 Å². The smallest absolute Gasteiger partial charge is 0.134 e. The lowest BCUT2D eigenvalue weighted by Crippen LogP contribution is -2.22. The summed E-state index contributed by atoms with van der Waals surface area (Å²) in [7, 11) is 1.38. The van der Waals surface area contributed by atoms with Gasteiger partial charge in [0.15, 0.2) is 0 Å². The summed E-state index contributed by atoms with van der Waals surface area (Å²) in [5.74, 6) is -0.534. The molecular weight excluding hydrogens is 224 g/mol. The Kier molecular flexibility index (Phi) is 3.62. The zero-order chi connectivity index (χ0) is 12.4. The Morgan fingerprint density at radius 2 is 1.94 bits per heavy atom. The van der Waals surface area contributed by atoms with Crippen LogP contribution in [0.5, 0.6) is 5.75 Å². The van der Waals surface area contributed by atoms with E-state index in [9.17, 15) is 8.78 Å². The Morgan fingerprint density at radius 1 is 1.35 bits per heavy atom. The van der Waals surface area contributed by atoms with Gasteiger partial charge in [0.1, 0.15) is 17.4 Å². The lowest BCUT2D eigenvalue weighted by molar-refractivity contribution is 0.273. The maximum atomic E-state index is 13.7. The maximum Gasteiger partial charge on any atom is 0.134 e. The van der Waals surface area contributed by atoms with Crippen molar-refractivity contribution in [1.82, 2.24) is 0 Å². The van der Waals surface area contributed by atoms with Crippen molar-refractivity contribution in [2.24, 2.45) is 11.7 Å². The average Bonchev–Trinajstić information content (AvgIpc) is 2.22. The summed E-state index contributed by atoms with van der Waals surface area (Å²) < 4.78 is 32.2. The largest absolute Gasteiger partial charge is 0.497 e. The highest BCUT2D eigenvalue weighted by molar-refractivity contribution is 5.32. The zero-order valence-electron chi connectivity index (χ0n) is 9.88. The van der Waals surface area contributed by atoms with E-state index in [1.165, 1.54) is 25.7 Å². The van der Waals surface area contributed by atoms with Gasteiger partial charge in [0.25, 0.3) is 0 Å². The van der Waals surface area contributed by atoms with Gasteiger partial charge in [-0.25, -0.2) is 8.78 Å². The Hall–Kier alpha value is -1.16. The predicted octanol–water partition coefficient (Wildman–Crippen LogP) is 3.16. The second kappa shape index (κ2) is 5.00. The number of rotatable bonds is 4. The Balaban J connectivity index is 2.18. The number of hydrogen-bond donors (Lipinski definition) is 1. The maximum absolute atomic E-state index is 13.7. The molecule has 2 rings (SSSR count). The molecule has 1 unspecified atom stereocenters. The Morgan fingerprint density at radius 3 is 2.35 bits per heavy atom. The minimum Gasteiger partial charge on any atom is -0.497 e. The van der Waals surface area contributed by atoms with E-state index in [2.05, 4.69) is 0 Å². The van der Waals surface area contributed by atoms with E-state index in [1.54, 1.807) is 0 Å². The third kappa shape index (κ3) is 2.57. The SMILES string of the molecule is COc1cc(F)c(C(N)CC2CCC2)c(F)c1. The molecule has 0 heterocycles. The molecule has 0 amide bonds. The van der Waals surface area contributed by atoms with Crippen LogP contribution in [-0.4, -0.2) is 7.11 Å². The molecule has 0 saturated heterocycles. The van der Waals surface area contributed by atoms with E-state index in [-0.39, 0.29) is 11.3 Å². The van der Waals surface area contributed by atoms with E-state index >= 15 is 0 Å². The number of halogens is 2. The van der Waals surface area contributed by atoms with Gasteiger partial charge in [-0.05, 0) is 12.3 Å². The molecule has 1 aromatic carbocycles. The van der Waals surface area contributed by atoms with Crippen LogP contribution in [0.1, 0.15) is 37.3 Å². The van der Waals surface area contributed by atoms with Gasteiger partial charge in [-0.3, -0.25) is 0 Å². The molecule has 4 heteroatoms. The minimum absolute atomic E-state index is 0.0160. The first kappa shape index (κ1) is 12.3. The van der Waals surface area contributed by atoms with Crippen LogP contribution < -0.4 is 10.5 Å². The van der Waals surface area contributed by atoms with E-state index in [4.69, 9.17) is 10.5 Å². The zero-order valence-corrected chi connectivity index (χ0v) is 9.88. The molecule has 1 aliphatic carbocycles. The molecule has 1 aromatic rings. The molecule has 0 aromatic heterocycles. The highest BCUT2D eigenvalue weighted by Gasteiger charge is 2.25. The van der Waals surface area contributed by atoms with Crippen molar-refractivity contribution in [3.63, 3.8) is 0 Å². The summed E-state index contributed by atoms with van der Waals surface area (Å²) in [6.45, 7) is 0. The molecule has 1 aliphatic rings. The van der Waals surface area contributed by atoms with Crippen LogP contribution in [0.15, 0.2) is 12.1 Å². The van der Waals surface area contributed by atoms with Gasteiger partial charge in [0.05, 0.1) is 7.11 Å². The average molecular weight is 241 g/mol. The summed E-state index contributed by atoms with van der Waals surface area (Å²) in [5, 5.41) is 0. The predicted molar refractivity (Wildman–Crippen MR) is 61.8 cm³/mol. The summed E-state index contributed by atoms with van der Waals surface area (Å²) in [6, 6.07) is 1.80. The first-order chi connectivity index (χ1) is 8.11. The van der Waals surface area contributed by atoms with Gasteiger partial charge >= 0.3 is 0 Å². The third-order valence-corrected chi connectivity index (χ3v) is 3.47. The number of nitrogens with two attached hydrogens (primary N) is 1. The van der Waals surface area contributed by atoms with Crippen molar-refractivity contribution in [2.75, 3.05) is 7.11 Å². The van der Waals surface area contributed by atoms with Crippen molar-refractivity contribution in [1.29, 1.82) is 0 Å².